The molecule has 2 aromatic rings. The van der Waals surface area contributed by atoms with Crippen molar-refractivity contribution in [2.24, 2.45) is 0 Å². The Morgan fingerprint density at radius 3 is 2.21 bits per heavy atom. The van der Waals surface area contributed by atoms with E-state index in [2.05, 4.69) is 0 Å². The maximum absolute atomic E-state index is 13.1. The van der Waals surface area contributed by atoms with Crippen molar-refractivity contribution in [3.63, 3.8) is 0 Å². The second-order valence-electron chi connectivity index (χ2n) is 6.38. The van der Waals surface area contributed by atoms with Crippen molar-refractivity contribution in [3.8, 4) is 0 Å². The summed E-state index contributed by atoms with van der Waals surface area (Å²) in [5.41, 5.74) is 0.980. The van der Waals surface area contributed by atoms with Crippen LogP contribution in [-0.2, 0) is 10.0 Å². The number of rotatable bonds is 7. The molecule has 8 heteroatoms. The van der Waals surface area contributed by atoms with Crippen LogP contribution in [0.5, 0.6) is 0 Å². The Bertz CT molecular complexity index is 944. The zero-order chi connectivity index (χ0) is 21.1. The van der Waals surface area contributed by atoms with Crippen LogP contribution in [0.3, 0.4) is 0 Å². The SMILES string of the molecule is CCN(CC)S(=O)(=O)c1cc(C(=O)N(C)C(C)c2ccc(F)cc2)ccc1Cl. The number of amides is 1. The Kier molecular flexibility index (Phi) is 7.20. The number of sulfonamides is 1. The van der Waals surface area contributed by atoms with Crippen molar-refractivity contribution in [2.75, 3.05) is 20.1 Å². The molecule has 0 N–H and O–H groups in total. The van der Waals surface area contributed by atoms with Gasteiger partial charge in [0, 0.05) is 25.7 Å². The number of carbonyl (C=O) groups is 1. The summed E-state index contributed by atoms with van der Waals surface area (Å²) in [6.45, 7) is 5.89. The largest absolute Gasteiger partial charge is 0.335 e. The molecule has 0 heterocycles. The van der Waals surface area contributed by atoms with Gasteiger partial charge < -0.3 is 4.90 Å². The predicted octanol–water partition coefficient (Wildman–Crippen LogP) is 4.34. The second-order valence-corrected chi connectivity index (χ2v) is 8.69. The molecule has 0 aromatic heterocycles. The summed E-state index contributed by atoms with van der Waals surface area (Å²) in [5, 5.41) is 0.0673. The number of halogens is 2. The van der Waals surface area contributed by atoms with Gasteiger partial charge in [-0.2, -0.15) is 4.31 Å². The van der Waals surface area contributed by atoms with Gasteiger partial charge in [0.15, 0.2) is 0 Å². The van der Waals surface area contributed by atoms with E-state index in [1.165, 1.54) is 39.5 Å². The van der Waals surface area contributed by atoms with E-state index >= 15 is 0 Å². The molecule has 0 aliphatic carbocycles. The van der Waals surface area contributed by atoms with E-state index < -0.39 is 10.0 Å². The number of nitrogens with zero attached hydrogens (tertiary/aromatic N) is 2. The lowest BCUT2D eigenvalue weighted by Crippen LogP contribution is -2.32. The van der Waals surface area contributed by atoms with E-state index in [1.54, 1.807) is 33.0 Å². The Morgan fingerprint density at radius 2 is 1.68 bits per heavy atom. The van der Waals surface area contributed by atoms with Gasteiger partial charge in [-0.05, 0) is 42.8 Å². The third-order valence-electron chi connectivity index (χ3n) is 4.76. The second kappa shape index (κ2) is 9.03. The van der Waals surface area contributed by atoms with E-state index in [0.29, 0.717) is 13.1 Å². The molecule has 0 radical (unpaired) electrons. The zero-order valence-electron chi connectivity index (χ0n) is 16.3. The Balaban J connectivity index is 2.37. The lowest BCUT2D eigenvalue weighted by atomic mass is 10.1. The molecule has 0 saturated carbocycles. The molecule has 5 nitrogen and oxygen atoms in total. The maximum Gasteiger partial charge on any atom is 0.254 e. The van der Waals surface area contributed by atoms with E-state index in [-0.39, 0.29) is 33.2 Å². The fourth-order valence-corrected chi connectivity index (χ4v) is 4.84. The summed E-state index contributed by atoms with van der Waals surface area (Å²) in [7, 11) is -2.19. The quantitative estimate of drug-likeness (QED) is 0.661. The van der Waals surface area contributed by atoms with Gasteiger partial charge in [0.05, 0.1) is 11.1 Å². The highest BCUT2D eigenvalue weighted by Crippen LogP contribution is 2.28. The van der Waals surface area contributed by atoms with E-state index in [0.717, 1.165) is 5.56 Å². The standard InChI is InChI=1S/C20H24ClFN2O3S/c1-5-24(6-2)28(26,27)19-13-16(9-12-18(19)21)20(25)23(4)14(3)15-7-10-17(22)11-8-15/h7-14H,5-6H2,1-4H3. The molecule has 0 saturated heterocycles. The van der Waals surface area contributed by atoms with Gasteiger partial charge in [-0.3, -0.25) is 4.79 Å². The minimum absolute atomic E-state index is 0.0673. The highest BCUT2D eigenvalue weighted by molar-refractivity contribution is 7.89. The minimum atomic E-state index is -3.80. The van der Waals surface area contributed by atoms with Crippen LogP contribution in [0.2, 0.25) is 5.02 Å². The van der Waals surface area contributed by atoms with E-state index in [4.69, 9.17) is 11.6 Å². The molecule has 0 spiro atoms. The molecule has 0 fully saturated rings. The molecule has 152 valence electrons. The van der Waals surface area contributed by atoms with Crippen molar-refractivity contribution in [3.05, 3.63) is 64.4 Å². The molecule has 1 amide bonds. The van der Waals surface area contributed by atoms with Crippen LogP contribution in [0.15, 0.2) is 47.4 Å². The van der Waals surface area contributed by atoms with Crippen LogP contribution in [-0.4, -0.2) is 43.7 Å². The molecular weight excluding hydrogens is 403 g/mol. The predicted molar refractivity (Wildman–Crippen MR) is 108 cm³/mol. The van der Waals surface area contributed by atoms with Gasteiger partial charge in [-0.25, -0.2) is 12.8 Å². The smallest absolute Gasteiger partial charge is 0.254 e. The van der Waals surface area contributed by atoms with Crippen molar-refractivity contribution in [1.29, 1.82) is 0 Å². The van der Waals surface area contributed by atoms with Gasteiger partial charge in [0.1, 0.15) is 10.7 Å². The Morgan fingerprint density at radius 1 is 1.11 bits per heavy atom. The third-order valence-corrected chi connectivity index (χ3v) is 7.29. The van der Waals surface area contributed by atoms with Crippen molar-refractivity contribution >= 4 is 27.5 Å². The van der Waals surface area contributed by atoms with Crippen LogP contribution < -0.4 is 0 Å². The first-order chi connectivity index (χ1) is 13.1. The maximum atomic E-state index is 13.1. The molecule has 2 rings (SSSR count). The van der Waals surface area contributed by atoms with Gasteiger partial charge in [-0.1, -0.05) is 37.6 Å². The third kappa shape index (κ3) is 4.54. The van der Waals surface area contributed by atoms with Crippen LogP contribution >= 0.6 is 11.6 Å². The summed E-state index contributed by atoms with van der Waals surface area (Å²) >= 11 is 6.13. The summed E-state index contributed by atoms with van der Waals surface area (Å²) in [5.74, 6) is -0.710. The number of carbonyl (C=O) groups excluding carboxylic acids is 1. The van der Waals surface area contributed by atoms with E-state index in [1.807, 2.05) is 6.92 Å². The molecule has 0 aliphatic rings. The summed E-state index contributed by atoms with van der Waals surface area (Å²) in [6.07, 6.45) is 0. The normalized spacial score (nSPS) is 12.8. The van der Waals surface area contributed by atoms with Gasteiger partial charge >= 0.3 is 0 Å². The highest BCUT2D eigenvalue weighted by atomic mass is 35.5. The van der Waals surface area contributed by atoms with Gasteiger partial charge in [0.2, 0.25) is 10.0 Å². The van der Waals surface area contributed by atoms with Crippen LogP contribution in [0, 0.1) is 5.82 Å². The molecule has 2 aromatic carbocycles. The molecule has 0 bridgehead atoms. The fourth-order valence-electron chi connectivity index (χ4n) is 2.88. The molecule has 1 atom stereocenters. The van der Waals surface area contributed by atoms with Crippen LogP contribution in [0.1, 0.15) is 42.7 Å². The molecule has 28 heavy (non-hydrogen) atoms. The van der Waals surface area contributed by atoms with Crippen molar-refractivity contribution < 1.29 is 17.6 Å². The van der Waals surface area contributed by atoms with Crippen LogP contribution in [0.25, 0.3) is 0 Å². The van der Waals surface area contributed by atoms with Crippen molar-refractivity contribution in [1.82, 2.24) is 9.21 Å². The first-order valence-corrected chi connectivity index (χ1v) is 10.8. The van der Waals surface area contributed by atoms with Crippen LogP contribution in [0.4, 0.5) is 4.39 Å². The Labute approximate surface area is 170 Å². The molecule has 0 aliphatic heterocycles. The van der Waals surface area contributed by atoms with E-state index in [9.17, 15) is 17.6 Å². The topological polar surface area (TPSA) is 57.7 Å². The lowest BCUT2D eigenvalue weighted by molar-refractivity contribution is 0.0742. The first kappa shape index (κ1) is 22.3. The number of hydrogen-bond donors (Lipinski definition) is 0. The summed E-state index contributed by atoms with van der Waals surface area (Å²) in [4.78, 5) is 14.3. The Hall–Kier alpha value is -1.96. The van der Waals surface area contributed by atoms with Gasteiger partial charge in [-0.15, -0.1) is 0 Å². The monoisotopic (exact) mass is 426 g/mol. The molecule has 1 unspecified atom stereocenters. The highest BCUT2D eigenvalue weighted by Gasteiger charge is 2.27. The zero-order valence-corrected chi connectivity index (χ0v) is 17.9. The lowest BCUT2D eigenvalue weighted by Gasteiger charge is -2.26. The fraction of sp³-hybridized carbons (Fsp3) is 0.350. The average Bonchev–Trinajstić information content (AvgIpc) is 2.67. The number of benzene rings is 2. The average molecular weight is 427 g/mol. The molecular formula is C20H24ClFN2O3S. The minimum Gasteiger partial charge on any atom is -0.335 e. The summed E-state index contributed by atoms with van der Waals surface area (Å²) in [6, 6.07) is 9.80. The van der Waals surface area contributed by atoms with Crippen molar-refractivity contribution in [2.45, 2.75) is 31.7 Å². The number of hydrogen-bond acceptors (Lipinski definition) is 3. The first-order valence-electron chi connectivity index (χ1n) is 8.95. The summed E-state index contributed by atoms with van der Waals surface area (Å²) < 4.78 is 40.1. The van der Waals surface area contributed by atoms with Gasteiger partial charge in [0.25, 0.3) is 5.91 Å².